The van der Waals surface area contributed by atoms with Crippen molar-refractivity contribution in [1.82, 2.24) is 0 Å². The summed E-state index contributed by atoms with van der Waals surface area (Å²) < 4.78 is 0. The normalized spacial score (nSPS) is 10.9. The molecule has 0 aliphatic carbocycles. The van der Waals surface area contributed by atoms with Gasteiger partial charge >= 0.3 is 0 Å². The first-order valence-electron chi connectivity index (χ1n) is 4.08. The molecule has 0 aliphatic rings. The van der Waals surface area contributed by atoms with E-state index in [9.17, 15) is 0 Å². The van der Waals surface area contributed by atoms with Crippen LogP contribution in [0.15, 0.2) is 18.2 Å². The summed E-state index contributed by atoms with van der Waals surface area (Å²) in [6.07, 6.45) is 3.47. The van der Waals surface area contributed by atoms with Gasteiger partial charge in [0.25, 0.3) is 0 Å². The number of anilines is 2. The first-order valence-corrected chi connectivity index (χ1v) is 4.08. The van der Waals surface area contributed by atoms with E-state index in [2.05, 4.69) is 0 Å². The van der Waals surface area contributed by atoms with Crippen LogP contribution in [-0.2, 0) is 0 Å². The molecule has 0 unspecified atom stereocenters. The molecule has 0 radical (unpaired) electrons. The molecule has 0 bridgehead atoms. The van der Waals surface area contributed by atoms with Crippen LogP contribution in [0.25, 0.3) is 6.08 Å². The van der Waals surface area contributed by atoms with Gasteiger partial charge in [0.05, 0.1) is 18.0 Å². The Morgan fingerprint density at radius 1 is 1.38 bits per heavy atom. The molecule has 70 valence electrons. The molecule has 3 heteroatoms. The largest absolute Gasteiger partial charge is 0.397 e. The Balaban J connectivity index is 3.06. The van der Waals surface area contributed by atoms with Crippen LogP contribution in [0.5, 0.6) is 0 Å². The van der Waals surface area contributed by atoms with Crippen LogP contribution in [0.1, 0.15) is 11.1 Å². The number of aryl methyl sites for hydroxylation is 1. The highest BCUT2D eigenvalue weighted by Crippen LogP contribution is 2.22. The van der Waals surface area contributed by atoms with Crippen molar-refractivity contribution in [2.45, 2.75) is 6.92 Å². The smallest absolute Gasteiger partial charge is 0.0615 e. The fraction of sp³-hybridized carbons (Fsp3) is 0.200. The highest BCUT2D eigenvalue weighted by atomic mass is 16.2. The molecule has 0 atom stereocenters. The summed E-state index contributed by atoms with van der Waals surface area (Å²) in [5.41, 5.74) is 14.5. The van der Waals surface area contributed by atoms with Gasteiger partial charge in [-0.2, -0.15) is 0 Å². The molecule has 0 saturated heterocycles. The second-order valence-corrected chi connectivity index (χ2v) is 2.93. The van der Waals surface area contributed by atoms with E-state index in [1.54, 1.807) is 12.1 Å². The average Bonchev–Trinajstić information content (AvgIpc) is 2.10. The third kappa shape index (κ3) is 2.23. The molecule has 0 aromatic heterocycles. The Bertz CT molecular complexity index is 309. The molecule has 0 amide bonds. The van der Waals surface area contributed by atoms with Crippen molar-refractivity contribution < 1.29 is 5.11 Å². The van der Waals surface area contributed by atoms with E-state index >= 15 is 0 Å². The zero-order chi connectivity index (χ0) is 9.84. The minimum Gasteiger partial charge on any atom is -0.397 e. The van der Waals surface area contributed by atoms with Crippen molar-refractivity contribution in [3.05, 3.63) is 29.3 Å². The predicted molar refractivity (Wildman–Crippen MR) is 56.1 cm³/mol. The summed E-state index contributed by atoms with van der Waals surface area (Å²) in [6, 6.07) is 3.71. The molecule has 0 aliphatic heterocycles. The number of benzene rings is 1. The second kappa shape index (κ2) is 3.96. The van der Waals surface area contributed by atoms with Crippen molar-refractivity contribution in [2.75, 3.05) is 18.1 Å². The lowest BCUT2D eigenvalue weighted by Gasteiger charge is -2.05. The predicted octanol–water partition coefficient (Wildman–Crippen LogP) is 1.16. The minimum absolute atomic E-state index is 0.0311. The van der Waals surface area contributed by atoms with E-state index in [0.29, 0.717) is 11.4 Å². The van der Waals surface area contributed by atoms with Crippen molar-refractivity contribution in [2.24, 2.45) is 0 Å². The molecule has 3 nitrogen and oxygen atoms in total. The van der Waals surface area contributed by atoms with Crippen molar-refractivity contribution in [3.8, 4) is 0 Å². The van der Waals surface area contributed by atoms with Gasteiger partial charge in [-0.05, 0) is 30.2 Å². The van der Waals surface area contributed by atoms with Gasteiger partial charge in [0.1, 0.15) is 0 Å². The van der Waals surface area contributed by atoms with E-state index in [1.165, 1.54) is 0 Å². The summed E-state index contributed by atoms with van der Waals surface area (Å²) in [6.45, 7) is 1.94. The quantitative estimate of drug-likeness (QED) is 0.595. The monoisotopic (exact) mass is 178 g/mol. The summed E-state index contributed by atoms with van der Waals surface area (Å²) in [4.78, 5) is 0. The molecular weight excluding hydrogens is 164 g/mol. The summed E-state index contributed by atoms with van der Waals surface area (Å²) in [5.74, 6) is 0. The summed E-state index contributed by atoms with van der Waals surface area (Å²) >= 11 is 0. The van der Waals surface area contributed by atoms with Gasteiger partial charge in [0, 0.05) is 0 Å². The zero-order valence-electron chi connectivity index (χ0n) is 7.62. The van der Waals surface area contributed by atoms with Crippen LogP contribution in [-0.4, -0.2) is 11.7 Å². The van der Waals surface area contributed by atoms with E-state index in [1.807, 2.05) is 19.1 Å². The lowest BCUT2D eigenvalue weighted by atomic mass is 10.1. The van der Waals surface area contributed by atoms with Crippen LogP contribution in [0.2, 0.25) is 0 Å². The van der Waals surface area contributed by atoms with E-state index in [0.717, 1.165) is 11.1 Å². The lowest BCUT2D eigenvalue weighted by Crippen LogP contribution is -1.97. The van der Waals surface area contributed by atoms with Gasteiger partial charge in [0.15, 0.2) is 0 Å². The number of hydrogen-bond donors (Lipinski definition) is 3. The minimum atomic E-state index is 0.0311. The summed E-state index contributed by atoms with van der Waals surface area (Å²) in [5, 5.41) is 8.58. The van der Waals surface area contributed by atoms with Crippen LogP contribution >= 0.6 is 0 Å². The Labute approximate surface area is 77.7 Å². The maximum Gasteiger partial charge on any atom is 0.0615 e. The fourth-order valence-electron chi connectivity index (χ4n) is 1.14. The highest BCUT2D eigenvalue weighted by Gasteiger charge is 1.99. The number of rotatable bonds is 2. The average molecular weight is 178 g/mol. The molecule has 1 aromatic carbocycles. The van der Waals surface area contributed by atoms with Gasteiger partial charge in [0.2, 0.25) is 0 Å². The fourth-order valence-corrected chi connectivity index (χ4v) is 1.14. The lowest BCUT2D eigenvalue weighted by molar-refractivity contribution is 0.343. The molecule has 13 heavy (non-hydrogen) atoms. The standard InChI is InChI=1S/C10H14N2O/c1-7-5-8(3-2-4-13)6-9(11)10(7)12/h2-3,5-6,13H,4,11-12H2,1H3. The molecule has 0 heterocycles. The topological polar surface area (TPSA) is 72.3 Å². The Morgan fingerprint density at radius 3 is 2.62 bits per heavy atom. The Kier molecular flexibility index (Phi) is 2.93. The SMILES string of the molecule is Cc1cc(C=CCO)cc(N)c1N. The van der Waals surface area contributed by atoms with Crippen LogP contribution < -0.4 is 11.5 Å². The molecule has 1 aromatic rings. The van der Waals surface area contributed by atoms with Crippen LogP contribution in [0.4, 0.5) is 11.4 Å². The molecule has 0 spiro atoms. The third-order valence-corrected chi connectivity index (χ3v) is 1.86. The van der Waals surface area contributed by atoms with Gasteiger partial charge in [-0.3, -0.25) is 0 Å². The summed E-state index contributed by atoms with van der Waals surface area (Å²) in [7, 11) is 0. The molecule has 0 fully saturated rings. The number of hydrogen-bond acceptors (Lipinski definition) is 3. The number of aliphatic hydroxyl groups excluding tert-OH is 1. The number of aliphatic hydroxyl groups is 1. The second-order valence-electron chi connectivity index (χ2n) is 2.93. The number of nitrogens with two attached hydrogens (primary N) is 2. The third-order valence-electron chi connectivity index (χ3n) is 1.86. The van der Waals surface area contributed by atoms with Gasteiger partial charge in [-0.15, -0.1) is 0 Å². The van der Waals surface area contributed by atoms with Gasteiger partial charge in [-0.25, -0.2) is 0 Å². The van der Waals surface area contributed by atoms with Gasteiger partial charge in [-0.1, -0.05) is 12.2 Å². The molecule has 1 rings (SSSR count). The van der Waals surface area contributed by atoms with E-state index in [-0.39, 0.29) is 6.61 Å². The Morgan fingerprint density at radius 2 is 2.08 bits per heavy atom. The molecular formula is C10H14N2O. The maximum atomic E-state index is 8.58. The van der Waals surface area contributed by atoms with Crippen molar-refractivity contribution in [1.29, 1.82) is 0 Å². The zero-order valence-corrected chi connectivity index (χ0v) is 7.62. The Hall–Kier alpha value is -1.48. The van der Waals surface area contributed by atoms with E-state index in [4.69, 9.17) is 16.6 Å². The van der Waals surface area contributed by atoms with Crippen molar-refractivity contribution >= 4 is 17.5 Å². The molecule has 5 N–H and O–H groups in total. The van der Waals surface area contributed by atoms with E-state index < -0.39 is 0 Å². The van der Waals surface area contributed by atoms with Crippen molar-refractivity contribution in [3.63, 3.8) is 0 Å². The first-order chi connectivity index (χ1) is 6.15. The van der Waals surface area contributed by atoms with Gasteiger partial charge < -0.3 is 16.6 Å². The number of nitrogen functional groups attached to an aromatic ring is 2. The highest BCUT2D eigenvalue weighted by molar-refractivity contribution is 5.71. The maximum absolute atomic E-state index is 8.58. The molecule has 0 saturated carbocycles. The van der Waals surface area contributed by atoms with Crippen LogP contribution in [0.3, 0.4) is 0 Å². The van der Waals surface area contributed by atoms with Crippen LogP contribution in [0, 0.1) is 6.92 Å². The first kappa shape index (κ1) is 9.61.